The molecule has 2 rings (SSSR count). The summed E-state index contributed by atoms with van der Waals surface area (Å²) in [5.41, 5.74) is 1.12. The summed E-state index contributed by atoms with van der Waals surface area (Å²) >= 11 is 6.07. The zero-order valence-electron chi connectivity index (χ0n) is 12.8. The lowest BCUT2D eigenvalue weighted by Gasteiger charge is -2.18. The van der Waals surface area contributed by atoms with Gasteiger partial charge in [-0.3, -0.25) is 4.79 Å². The molecule has 0 unspecified atom stereocenters. The van der Waals surface area contributed by atoms with Gasteiger partial charge < -0.3 is 4.90 Å². The highest BCUT2D eigenvalue weighted by atomic mass is 35.5. The van der Waals surface area contributed by atoms with Crippen LogP contribution in [0.3, 0.4) is 0 Å². The van der Waals surface area contributed by atoms with Crippen LogP contribution in [0.4, 0.5) is 0 Å². The molecule has 1 amide bonds. The molecule has 0 saturated heterocycles. The molecule has 122 valence electrons. The van der Waals surface area contributed by atoms with Gasteiger partial charge in [0.15, 0.2) is 0 Å². The first kappa shape index (κ1) is 17.5. The van der Waals surface area contributed by atoms with E-state index in [2.05, 4.69) is 4.72 Å². The number of carbonyl (C=O) groups excluding carboxylic acids is 1. The van der Waals surface area contributed by atoms with Gasteiger partial charge in [0, 0.05) is 13.6 Å². The van der Waals surface area contributed by atoms with Crippen LogP contribution in [0.5, 0.6) is 0 Å². The standard InChI is InChI=1S/C16H17ClN2O3S/c1-18-23(21,22)13-8-9-15(17)14(10-13)16(20)19(2)11-12-6-4-3-5-7-12/h3-10,18H,11H2,1-2H3. The maximum absolute atomic E-state index is 12.6. The van der Waals surface area contributed by atoms with Crippen molar-refractivity contribution in [3.05, 3.63) is 64.7 Å². The van der Waals surface area contributed by atoms with Gasteiger partial charge in [-0.15, -0.1) is 0 Å². The largest absolute Gasteiger partial charge is 0.337 e. The Morgan fingerprint density at radius 2 is 1.83 bits per heavy atom. The third-order valence-electron chi connectivity index (χ3n) is 3.36. The fourth-order valence-corrected chi connectivity index (χ4v) is 3.04. The maximum Gasteiger partial charge on any atom is 0.255 e. The highest BCUT2D eigenvalue weighted by Crippen LogP contribution is 2.22. The zero-order chi connectivity index (χ0) is 17.0. The summed E-state index contributed by atoms with van der Waals surface area (Å²) in [4.78, 5) is 14.1. The second kappa shape index (κ2) is 7.12. The summed E-state index contributed by atoms with van der Waals surface area (Å²) in [6.45, 7) is 0.402. The molecule has 0 spiro atoms. The lowest BCUT2D eigenvalue weighted by molar-refractivity contribution is 0.0785. The van der Waals surface area contributed by atoms with Gasteiger partial charge in [-0.25, -0.2) is 13.1 Å². The van der Waals surface area contributed by atoms with E-state index < -0.39 is 10.0 Å². The minimum atomic E-state index is -3.63. The second-order valence-electron chi connectivity index (χ2n) is 5.00. The summed E-state index contributed by atoms with van der Waals surface area (Å²) in [6.07, 6.45) is 0. The van der Waals surface area contributed by atoms with E-state index in [1.54, 1.807) is 7.05 Å². The van der Waals surface area contributed by atoms with E-state index in [0.29, 0.717) is 6.54 Å². The number of halogens is 1. The van der Waals surface area contributed by atoms with Gasteiger partial charge in [-0.1, -0.05) is 41.9 Å². The molecule has 2 aromatic carbocycles. The van der Waals surface area contributed by atoms with Crippen molar-refractivity contribution < 1.29 is 13.2 Å². The maximum atomic E-state index is 12.6. The van der Waals surface area contributed by atoms with E-state index in [9.17, 15) is 13.2 Å². The summed E-state index contributed by atoms with van der Waals surface area (Å²) in [6, 6.07) is 13.6. The Morgan fingerprint density at radius 1 is 1.17 bits per heavy atom. The first-order valence-corrected chi connectivity index (χ1v) is 8.74. The number of carbonyl (C=O) groups is 1. The molecule has 7 heteroatoms. The van der Waals surface area contributed by atoms with Crippen molar-refractivity contribution in [2.45, 2.75) is 11.4 Å². The van der Waals surface area contributed by atoms with Gasteiger partial charge in [-0.05, 0) is 30.8 Å². The molecule has 0 fully saturated rings. The van der Waals surface area contributed by atoms with Crippen LogP contribution >= 0.6 is 11.6 Å². The Bertz CT molecular complexity index is 807. The first-order chi connectivity index (χ1) is 10.8. The van der Waals surface area contributed by atoms with E-state index in [4.69, 9.17) is 11.6 Å². The molecule has 0 atom stereocenters. The summed E-state index contributed by atoms with van der Waals surface area (Å²) in [5.74, 6) is -0.341. The molecule has 0 heterocycles. The summed E-state index contributed by atoms with van der Waals surface area (Å²) in [7, 11) is -0.679. The molecule has 2 aromatic rings. The van der Waals surface area contributed by atoms with Crippen molar-refractivity contribution in [1.82, 2.24) is 9.62 Å². The Hall–Kier alpha value is -1.89. The smallest absolute Gasteiger partial charge is 0.255 e. The molecule has 0 aliphatic heterocycles. The molecule has 0 aliphatic carbocycles. The number of nitrogens with one attached hydrogen (secondary N) is 1. The quantitative estimate of drug-likeness (QED) is 0.899. The highest BCUT2D eigenvalue weighted by Gasteiger charge is 2.20. The normalized spacial score (nSPS) is 11.3. The Kier molecular flexibility index (Phi) is 5.41. The third-order valence-corrected chi connectivity index (χ3v) is 5.10. The number of amides is 1. The number of benzene rings is 2. The van der Waals surface area contributed by atoms with Crippen molar-refractivity contribution >= 4 is 27.5 Å². The molecule has 0 aliphatic rings. The lowest BCUT2D eigenvalue weighted by Crippen LogP contribution is -2.27. The molecule has 23 heavy (non-hydrogen) atoms. The summed E-state index contributed by atoms with van der Waals surface area (Å²) < 4.78 is 26.0. The monoisotopic (exact) mass is 352 g/mol. The SMILES string of the molecule is CNS(=O)(=O)c1ccc(Cl)c(C(=O)N(C)Cc2ccccc2)c1. The van der Waals surface area contributed by atoms with Crippen molar-refractivity contribution in [2.75, 3.05) is 14.1 Å². The average Bonchev–Trinajstić information content (AvgIpc) is 2.55. The Balaban J connectivity index is 2.30. The lowest BCUT2D eigenvalue weighted by atomic mass is 10.1. The predicted octanol–water partition coefficient (Wildman–Crippen LogP) is 2.52. The molecular formula is C16H17ClN2O3S. The van der Waals surface area contributed by atoms with Gasteiger partial charge in [0.25, 0.3) is 5.91 Å². The van der Waals surface area contributed by atoms with Gasteiger partial charge in [0.1, 0.15) is 0 Å². The second-order valence-corrected chi connectivity index (χ2v) is 7.29. The van der Waals surface area contributed by atoms with Gasteiger partial charge in [0.2, 0.25) is 10.0 Å². The average molecular weight is 353 g/mol. The van der Waals surface area contributed by atoms with Crippen LogP contribution < -0.4 is 4.72 Å². The minimum Gasteiger partial charge on any atom is -0.337 e. The van der Waals surface area contributed by atoms with Crippen molar-refractivity contribution in [3.8, 4) is 0 Å². The van der Waals surface area contributed by atoms with Gasteiger partial charge in [0.05, 0.1) is 15.5 Å². The molecule has 1 N–H and O–H groups in total. The van der Waals surface area contributed by atoms with Gasteiger partial charge >= 0.3 is 0 Å². The first-order valence-electron chi connectivity index (χ1n) is 6.87. The van der Waals surface area contributed by atoms with Crippen LogP contribution in [-0.2, 0) is 16.6 Å². The Labute approximate surface area is 140 Å². The van der Waals surface area contributed by atoms with Crippen LogP contribution in [0, 0.1) is 0 Å². The molecule has 0 saturated carbocycles. The van der Waals surface area contributed by atoms with Crippen LogP contribution in [0.1, 0.15) is 15.9 Å². The number of sulfonamides is 1. The van der Waals surface area contributed by atoms with Crippen LogP contribution in [0.15, 0.2) is 53.4 Å². The van der Waals surface area contributed by atoms with Crippen molar-refractivity contribution in [3.63, 3.8) is 0 Å². The highest BCUT2D eigenvalue weighted by molar-refractivity contribution is 7.89. The molecule has 5 nitrogen and oxygen atoms in total. The minimum absolute atomic E-state index is 0.000797. The molecule has 0 bridgehead atoms. The van der Waals surface area contributed by atoms with Crippen molar-refractivity contribution in [1.29, 1.82) is 0 Å². The fourth-order valence-electron chi connectivity index (χ4n) is 2.09. The van der Waals surface area contributed by atoms with E-state index in [0.717, 1.165) is 5.56 Å². The number of hydrogen-bond acceptors (Lipinski definition) is 3. The molecule has 0 aromatic heterocycles. The third kappa shape index (κ3) is 4.10. The number of rotatable bonds is 5. The van der Waals surface area contributed by atoms with E-state index in [1.807, 2.05) is 30.3 Å². The van der Waals surface area contributed by atoms with E-state index in [-0.39, 0.29) is 21.4 Å². The van der Waals surface area contributed by atoms with Crippen LogP contribution in [-0.4, -0.2) is 33.3 Å². The van der Waals surface area contributed by atoms with Crippen molar-refractivity contribution in [2.24, 2.45) is 0 Å². The fraction of sp³-hybridized carbons (Fsp3) is 0.188. The summed E-state index contributed by atoms with van der Waals surface area (Å²) in [5, 5.41) is 0.213. The zero-order valence-corrected chi connectivity index (χ0v) is 14.4. The van der Waals surface area contributed by atoms with Crippen LogP contribution in [0.2, 0.25) is 5.02 Å². The number of hydrogen-bond donors (Lipinski definition) is 1. The van der Waals surface area contributed by atoms with Crippen LogP contribution in [0.25, 0.3) is 0 Å². The van der Waals surface area contributed by atoms with E-state index >= 15 is 0 Å². The Morgan fingerprint density at radius 3 is 2.43 bits per heavy atom. The molecule has 0 radical (unpaired) electrons. The number of nitrogens with zero attached hydrogens (tertiary/aromatic N) is 1. The molecular weight excluding hydrogens is 336 g/mol. The topological polar surface area (TPSA) is 66.5 Å². The van der Waals surface area contributed by atoms with E-state index in [1.165, 1.54) is 30.1 Å². The predicted molar refractivity (Wildman–Crippen MR) is 89.9 cm³/mol. The van der Waals surface area contributed by atoms with Gasteiger partial charge in [-0.2, -0.15) is 0 Å².